The molecule has 0 atom stereocenters. The highest BCUT2D eigenvalue weighted by atomic mass is 16.4. The maximum Gasteiger partial charge on any atom is 0.258 e. The van der Waals surface area contributed by atoms with Crippen LogP contribution >= 0.6 is 0 Å². The predicted molar refractivity (Wildman–Crippen MR) is 82.9 cm³/mol. The second-order valence-corrected chi connectivity index (χ2v) is 4.77. The smallest absolute Gasteiger partial charge is 0.258 e. The molecule has 0 aromatic heterocycles. The molecule has 0 aliphatic heterocycles. The fourth-order valence-corrected chi connectivity index (χ4v) is 1.99. The number of benzene rings is 2. The molecule has 2 aromatic rings. The Hall–Kier alpha value is -2.82. The van der Waals surface area contributed by atoms with Gasteiger partial charge in [0.25, 0.3) is 5.91 Å². The van der Waals surface area contributed by atoms with Gasteiger partial charge in [-0.2, -0.15) is 0 Å². The number of rotatable bonds is 3. The van der Waals surface area contributed by atoms with Crippen LogP contribution in [0.2, 0.25) is 0 Å². The molecule has 108 valence electrons. The quantitative estimate of drug-likeness (QED) is 0.393. The zero-order valence-electron chi connectivity index (χ0n) is 11.9. The van der Waals surface area contributed by atoms with Crippen molar-refractivity contribution in [3.05, 3.63) is 65.2 Å². The van der Waals surface area contributed by atoms with E-state index >= 15 is 0 Å². The summed E-state index contributed by atoms with van der Waals surface area (Å²) in [5, 5.41) is 11.5. The molecule has 2 rings (SSSR count). The van der Waals surface area contributed by atoms with Gasteiger partial charge < -0.3 is 15.8 Å². The van der Waals surface area contributed by atoms with Crippen molar-refractivity contribution in [3.8, 4) is 0 Å². The molecule has 0 radical (unpaired) electrons. The number of hydrogen-bond donors (Lipinski definition) is 2. The molecule has 0 spiro atoms. The fraction of sp³-hybridized carbons (Fsp3) is 0.125. The molecule has 0 fully saturated rings. The summed E-state index contributed by atoms with van der Waals surface area (Å²) >= 11 is 0. The van der Waals surface area contributed by atoms with Crippen molar-refractivity contribution >= 4 is 17.4 Å². The first-order chi connectivity index (χ1) is 10.0. The van der Waals surface area contributed by atoms with Crippen molar-refractivity contribution < 1.29 is 10.0 Å². The zero-order valence-corrected chi connectivity index (χ0v) is 11.9. The Morgan fingerprint density at radius 3 is 2.33 bits per heavy atom. The van der Waals surface area contributed by atoms with Crippen molar-refractivity contribution in [1.82, 2.24) is 0 Å². The number of amides is 1. The normalized spacial score (nSPS) is 11.2. The number of nitrogens with two attached hydrogens (primary N) is 1. The topological polar surface area (TPSA) is 78.9 Å². The summed E-state index contributed by atoms with van der Waals surface area (Å²) in [5.74, 6) is -0.104. The molecular formula is C16H17N3O2. The van der Waals surface area contributed by atoms with Gasteiger partial charge in [0.2, 0.25) is 0 Å². The molecule has 5 heteroatoms. The van der Waals surface area contributed by atoms with Crippen LogP contribution in [0, 0.1) is 6.92 Å². The number of hydrogen-bond acceptors (Lipinski definition) is 3. The van der Waals surface area contributed by atoms with Crippen LogP contribution in [0.4, 0.5) is 5.69 Å². The van der Waals surface area contributed by atoms with E-state index in [2.05, 4.69) is 5.16 Å². The van der Waals surface area contributed by atoms with E-state index in [0.717, 1.165) is 11.3 Å². The van der Waals surface area contributed by atoms with Crippen LogP contribution in [0.25, 0.3) is 0 Å². The van der Waals surface area contributed by atoms with Crippen LogP contribution in [0.5, 0.6) is 0 Å². The van der Waals surface area contributed by atoms with Gasteiger partial charge in [-0.3, -0.25) is 4.79 Å². The van der Waals surface area contributed by atoms with E-state index in [1.807, 2.05) is 31.2 Å². The molecule has 2 aromatic carbocycles. The SMILES string of the molecule is Cc1cccc(N(C)C(=O)c2ccc(C(N)=NO)cc2)c1. The van der Waals surface area contributed by atoms with Gasteiger partial charge in [0.05, 0.1) is 0 Å². The molecule has 0 saturated heterocycles. The minimum absolute atomic E-state index is 0.0148. The van der Waals surface area contributed by atoms with Crippen LogP contribution in [-0.2, 0) is 0 Å². The Morgan fingerprint density at radius 2 is 1.76 bits per heavy atom. The third-order valence-corrected chi connectivity index (χ3v) is 3.23. The first-order valence-corrected chi connectivity index (χ1v) is 6.45. The van der Waals surface area contributed by atoms with Crippen molar-refractivity contribution in [2.75, 3.05) is 11.9 Å². The highest BCUT2D eigenvalue weighted by Gasteiger charge is 2.13. The van der Waals surface area contributed by atoms with Gasteiger partial charge in [0.15, 0.2) is 5.84 Å². The van der Waals surface area contributed by atoms with Gasteiger partial charge in [0, 0.05) is 23.9 Å². The van der Waals surface area contributed by atoms with Gasteiger partial charge in [-0.1, -0.05) is 29.4 Å². The Labute approximate surface area is 123 Å². The standard InChI is InChI=1S/C16H17N3O2/c1-11-4-3-5-14(10-11)19(2)16(20)13-8-6-12(7-9-13)15(17)18-21/h3-10,21H,1-2H3,(H2,17,18). The zero-order chi connectivity index (χ0) is 15.4. The van der Waals surface area contributed by atoms with E-state index in [0.29, 0.717) is 11.1 Å². The summed E-state index contributed by atoms with van der Waals surface area (Å²) in [7, 11) is 1.73. The Kier molecular flexibility index (Phi) is 4.23. The van der Waals surface area contributed by atoms with Gasteiger partial charge >= 0.3 is 0 Å². The van der Waals surface area contributed by atoms with Crippen molar-refractivity contribution in [2.45, 2.75) is 6.92 Å². The summed E-state index contributed by atoms with van der Waals surface area (Å²) in [6.45, 7) is 1.98. The van der Waals surface area contributed by atoms with Crippen LogP contribution in [0.15, 0.2) is 53.7 Å². The number of oxime groups is 1. The molecule has 21 heavy (non-hydrogen) atoms. The average Bonchev–Trinajstić information content (AvgIpc) is 2.53. The highest BCUT2D eigenvalue weighted by Crippen LogP contribution is 2.17. The van der Waals surface area contributed by atoms with Gasteiger partial charge in [-0.25, -0.2) is 0 Å². The molecule has 3 N–H and O–H groups in total. The first kappa shape index (κ1) is 14.6. The van der Waals surface area contributed by atoms with Crippen LogP contribution in [-0.4, -0.2) is 24.0 Å². The van der Waals surface area contributed by atoms with Crippen molar-refractivity contribution in [3.63, 3.8) is 0 Å². The van der Waals surface area contributed by atoms with E-state index in [-0.39, 0.29) is 11.7 Å². The second-order valence-electron chi connectivity index (χ2n) is 4.77. The van der Waals surface area contributed by atoms with Crippen LogP contribution in [0.3, 0.4) is 0 Å². The Morgan fingerprint density at radius 1 is 1.14 bits per heavy atom. The third kappa shape index (κ3) is 3.20. The van der Waals surface area contributed by atoms with Crippen molar-refractivity contribution in [2.24, 2.45) is 10.9 Å². The molecular weight excluding hydrogens is 266 g/mol. The number of aryl methyl sites for hydroxylation is 1. The highest BCUT2D eigenvalue weighted by molar-refractivity contribution is 6.06. The minimum Gasteiger partial charge on any atom is -0.409 e. The van der Waals surface area contributed by atoms with Gasteiger partial charge in [-0.05, 0) is 36.8 Å². The first-order valence-electron chi connectivity index (χ1n) is 6.45. The monoisotopic (exact) mass is 283 g/mol. The fourth-order valence-electron chi connectivity index (χ4n) is 1.99. The van der Waals surface area contributed by atoms with Gasteiger partial charge in [-0.15, -0.1) is 0 Å². The molecule has 0 unspecified atom stereocenters. The largest absolute Gasteiger partial charge is 0.409 e. The molecule has 0 heterocycles. The lowest BCUT2D eigenvalue weighted by molar-refractivity contribution is 0.0993. The van der Waals surface area contributed by atoms with E-state index in [1.165, 1.54) is 0 Å². The minimum atomic E-state index is -0.119. The van der Waals surface area contributed by atoms with E-state index in [1.54, 1.807) is 36.2 Å². The van der Waals surface area contributed by atoms with Crippen LogP contribution < -0.4 is 10.6 Å². The van der Waals surface area contributed by atoms with Gasteiger partial charge in [0.1, 0.15) is 0 Å². The van der Waals surface area contributed by atoms with Crippen molar-refractivity contribution in [1.29, 1.82) is 0 Å². The Balaban J connectivity index is 2.23. The summed E-state index contributed by atoms with van der Waals surface area (Å²) in [6, 6.07) is 14.3. The lowest BCUT2D eigenvalue weighted by Crippen LogP contribution is -2.26. The summed E-state index contributed by atoms with van der Waals surface area (Å²) in [6.07, 6.45) is 0. The summed E-state index contributed by atoms with van der Waals surface area (Å²) in [4.78, 5) is 14.0. The predicted octanol–water partition coefficient (Wildman–Crippen LogP) is 2.37. The summed E-state index contributed by atoms with van der Waals surface area (Å²) in [5.41, 5.74) is 8.52. The molecule has 0 bridgehead atoms. The average molecular weight is 283 g/mol. The second kappa shape index (κ2) is 6.09. The van der Waals surface area contributed by atoms with E-state index in [9.17, 15) is 4.79 Å². The number of carbonyl (C=O) groups is 1. The summed E-state index contributed by atoms with van der Waals surface area (Å²) < 4.78 is 0. The molecule has 0 aliphatic carbocycles. The van der Waals surface area contributed by atoms with E-state index in [4.69, 9.17) is 10.9 Å². The number of nitrogens with zero attached hydrogens (tertiary/aromatic N) is 2. The number of carbonyl (C=O) groups excluding carboxylic acids is 1. The third-order valence-electron chi connectivity index (χ3n) is 3.23. The number of amidine groups is 1. The lowest BCUT2D eigenvalue weighted by atomic mass is 10.1. The van der Waals surface area contributed by atoms with E-state index < -0.39 is 0 Å². The van der Waals surface area contributed by atoms with Crippen LogP contribution in [0.1, 0.15) is 21.5 Å². The molecule has 1 amide bonds. The lowest BCUT2D eigenvalue weighted by Gasteiger charge is -2.18. The number of anilines is 1. The molecule has 0 aliphatic rings. The Bertz CT molecular complexity index is 678. The maximum atomic E-state index is 12.4. The maximum absolute atomic E-state index is 12.4. The molecule has 5 nitrogen and oxygen atoms in total. The molecule has 0 saturated carbocycles.